The monoisotopic (exact) mass is 438 g/mol. The summed E-state index contributed by atoms with van der Waals surface area (Å²) in [5, 5.41) is 0.276. The van der Waals surface area contributed by atoms with Crippen LogP contribution in [0.15, 0.2) is 58.3 Å². The van der Waals surface area contributed by atoms with Crippen LogP contribution >= 0.6 is 23.4 Å². The van der Waals surface area contributed by atoms with Crippen molar-refractivity contribution in [2.75, 3.05) is 26.2 Å². The second kappa shape index (κ2) is 8.76. The summed E-state index contributed by atoms with van der Waals surface area (Å²) in [4.78, 5) is 3.80. The summed E-state index contributed by atoms with van der Waals surface area (Å²) < 4.78 is 27.5. The number of benzene rings is 2. The first-order valence-corrected chi connectivity index (χ1v) is 12.0. The SMILES string of the molecule is CC(C)(C)Sc1ccccc1CN1CCN(S(=O)(=O)c2ccccc2Cl)CC1. The molecule has 7 heteroatoms. The maximum atomic E-state index is 12.9. The Balaban J connectivity index is 1.66. The Morgan fingerprint density at radius 3 is 2.21 bits per heavy atom. The van der Waals surface area contributed by atoms with Gasteiger partial charge in [0.15, 0.2) is 0 Å². The number of hydrogen-bond acceptors (Lipinski definition) is 4. The Morgan fingerprint density at radius 1 is 0.964 bits per heavy atom. The summed E-state index contributed by atoms with van der Waals surface area (Å²) in [6, 6.07) is 15.1. The van der Waals surface area contributed by atoms with Crippen LogP contribution in [-0.2, 0) is 16.6 Å². The number of piperazine rings is 1. The Kier molecular flexibility index (Phi) is 6.77. The molecule has 0 spiro atoms. The predicted molar refractivity (Wildman–Crippen MR) is 118 cm³/mol. The largest absolute Gasteiger partial charge is 0.296 e. The molecule has 0 aliphatic carbocycles. The van der Waals surface area contributed by atoms with Gasteiger partial charge in [-0.15, -0.1) is 11.8 Å². The van der Waals surface area contributed by atoms with Gasteiger partial charge in [-0.1, -0.05) is 62.7 Å². The van der Waals surface area contributed by atoms with Crippen molar-refractivity contribution in [3.63, 3.8) is 0 Å². The lowest BCUT2D eigenvalue weighted by Crippen LogP contribution is -2.48. The smallest absolute Gasteiger partial charge is 0.244 e. The maximum Gasteiger partial charge on any atom is 0.244 e. The third-order valence-corrected chi connectivity index (χ3v) is 8.20. The van der Waals surface area contributed by atoms with Gasteiger partial charge in [-0.2, -0.15) is 4.31 Å². The van der Waals surface area contributed by atoms with E-state index in [0.29, 0.717) is 26.2 Å². The zero-order valence-electron chi connectivity index (χ0n) is 16.6. The van der Waals surface area contributed by atoms with Gasteiger partial charge in [0.1, 0.15) is 4.90 Å². The Labute approximate surface area is 177 Å². The van der Waals surface area contributed by atoms with Gasteiger partial charge < -0.3 is 0 Å². The van der Waals surface area contributed by atoms with Crippen LogP contribution in [0.1, 0.15) is 26.3 Å². The first-order chi connectivity index (χ1) is 13.2. The quantitative estimate of drug-likeness (QED) is 0.632. The van der Waals surface area contributed by atoms with E-state index in [4.69, 9.17) is 11.6 Å². The fourth-order valence-corrected chi connectivity index (χ4v) is 6.21. The number of rotatable bonds is 5. The van der Waals surface area contributed by atoms with Gasteiger partial charge in [0, 0.05) is 42.4 Å². The van der Waals surface area contributed by atoms with E-state index in [2.05, 4.69) is 49.9 Å². The summed E-state index contributed by atoms with van der Waals surface area (Å²) in [6.45, 7) is 9.84. The van der Waals surface area contributed by atoms with E-state index < -0.39 is 10.0 Å². The topological polar surface area (TPSA) is 40.6 Å². The molecule has 1 fully saturated rings. The molecule has 1 heterocycles. The molecule has 0 amide bonds. The van der Waals surface area contributed by atoms with Gasteiger partial charge in [0.25, 0.3) is 0 Å². The Hall–Kier alpha value is -1.05. The van der Waals surface area contributed by atoms with Crippen LogP contribution < -0.4 is 0 Å². The highest BCUT2D eigenvalue weighted by Crippen LogP contribution is 2.34. The molecule has 0 bridgehead atoms. The van der Waals surface area contributed by atoms with Crippen molar-refractivity contribution in [3.8, 4) is 0 Å². The molecule has 0 radical (unpaired) electrons. The lowest BCUT2D eigenvalue weighted by atomic mass is 10.2. The number of halogens is 1. The van der Waals surface area contributed by atoms with Gasteiger partial charge in [0.05, 0.1) is 5.02 Å². The van der Waals surface area contributed by atoms with Crippen molar-refractivity contribution in [1.29, 1.82) is 0 Å². The zero-order valence-corrected chi connectivity index (χ0v) is 18.9. The number of thioether (sulfide) groups is 1. The first-order valence-electron chi connectivity index (χ1n) is 9.41. The molecule has 2 aromatic carbocycles. The van der Waals surface area contributed by atoms with Crippen LogP contribution in [0.25, 0.3) is 0 Å². The molecule has 2 aromatic rings. The molecular weight excluding hydrogens is 412 g/mol. The molecule has 0 saturated carbocycles. The number of nitrogens with zero attached hydrogens (tertiary/aromatic N) is 2. The standard InChI is InChI=1S/C21H27ClN2O2S2/c1-21(2,3)27-19-10-6-4-8-17(19)16-23-12-14-24(15-13-23)28(25,26)20-11-7-5-9-18(20)22/h4-11H,12-16H2,1-3H3. The minimum absolute atomic E-state index is 0.151. The van der Waals surface area contributed by atoms with Crippen molar-refractivity contribution >= 4 is 33.4 Å². The van der Waals surface area contributed by atoms with Gasteiger partial charge in [-0.25, -0.2) is 8.42 Å². The van der Waals surface area contributed by atoms with Crippen LogP contribution in [0.5, 0.6) is 0 Å². The highest BCUT2D eigenvalue weighted by atomic mass is 35.5. The average molecular weight is 439 g/mol. The molecule has 0 atom stereocenters. The van der Waals surface area contributed by atoms with Gasteiger partial charge in [-0.3, -0.25) is 4.90 Å². The van der Waals surface area contributed by atoms with E-state index in [1.807, 2.05) is 11.8 Å². The molecule has 0 aromatic heterocycles. The molecule has 0 N–H and O–H groups in total. The van der Waals surface area contributed by atoms with E-state index in [1.54, 1.807) is 28.6 Å². The fraction of sp³-hybridized carbons (Fsp3) is 0.429. The molecule has 0 unspecified atom stereocenters. The van der Waals surface area contributed by atoms with Crippen molar-refractivity contribution in [1.82, 2.24) is 9.21 Å². The van der Waals surface area contributed by atoms with E-state index in [9.17, 15) is 8.42 Å². The van der Waals surface area contributed by atoms with E-state index in [-0.39, 0.29) is 14.7 Å². The van der Waals surface area contributed by atoms with Gasteiger partial charge >= 0.3 is 0 Å². The van der Waals surface area contributed by atoms with Crippen molar-refractivity contribution < 1.29 is 8.42 Å². The number of hydrogen-bond donors (Lipinski definition) is 0. The van der Waals surface area contributed by atoms with E-state index in [1.165, 1.54) is 10.5 Å². The normalized spacial score (nSPS) is 17.0. The van der Waals surface area contributed by atoms with Crippen LogP contribution in [0, 0.1) is 0 Å². The second-order valence-corrected chi connectivity index (χ2v) is 12.1. The van der Waals surface area contributed by atoms with Crippen LogP contribution in [0.2, 0.25) is 5.02 Å². The molecule has 28 heavy (non-hydrogen) atoms. The molecule has 4 nitrogen and oxygen atoms in total. The molecular formula is C21H27ClN2O2S2. The molecule has 1 aliphatic heterocycles. The Morgan fingerprint density at radius 2 is 1.57 bits per heavy atom. The number of sulfonamides is 1. The predicted octanol–water partition coefficient (Wildman–Crippen LogP) is 4.74. The van der Waals surface area contributed by atoms with Crippen molar-refractivity contribution in [2.45, 2.75) is 41.9 Å². The molecule has 152 valence electrons. The van der Waals surface area contributed by atoms with Crippen LogP contribution in [0.4, 0.5) is 0 Å². The van der Waals surface area contributed by atoms with Gasteiger partial charge in [0.2, 0.25) is 10.0 Å². The zero-order chi connectivity index (χ0) is 20.4. The highest BCUT2D eigenvalue weighted by Gasteiger charge is 2.30. The summed E-state index contributed by atoms with van der Waals surface area (Å²) in [7, 11) is -3.55. The highest BCUT2D eigenvalue weighted by molar-refractivity contribution is 8.00. The molecule has 3 rings (SSSR count). The fourth-order valence-electron chi connectivity index (χ4n) is 3.23. The summed E-state index contributed by atoms with van der Waals surface area (Å²) in [5.41, 5.74) is 1.30. The third-order valence-electron chi connectivity index (χ3n) is 4.57. The van der Waals surface area contributed by atoms with E-state index >= 15 is 0 Å². The summed E-state index contributed by atoms with van der Waals surface area (Å²) in [6.07, 6.45) is 0. The summed E-state index contributed by atoms with van der Waals surface area (Å²) >= 11 is 7.99. The third kappa shape index (κ3) is 5.30. The average Bonchev–Trinajstić information content (AvgIpc) is 2.63. The minimum atomic E-state index is -3.55. The van der Waals surface area contributed by atoms with Crippen LogP contribution in [-0.4, -0.2) is 48.5 Å². The van der Waals surface area contributed by atoms with Crippen LogP contribution in [0.3, 0.4) is 0 Å². The summed E-state index contributed by atoms with van der Waals surface area (Å²) in [5.74, 6) is 0. The van der Waals surface area contributed by atoms with Crippen molar-refractivity contribution in [3.05, 3.63) is 59.1 Å². The van der Waals surface area contributed by atoms with E-state index in [0.717, 1.165) is 6.54 Å². The lowest BCUT2D eigenvalue weighted by molar-refractivity contribution is 0.180. The van der Waals surface area contributed by atoms with Crippen molar-refractivity contribution in [2.24, 2.45) is 0 Å². The second-order valence-electron chi connectivity index (χ2n) is 7.93. The minimum Gasteiger partial charge on any atom is -0.296 e. The lowest BCUT2D eigenvalue weighted by Gasteiger charge is -2.34. The van der Waals surface area contributed by atoms with Gasteiger partial charge in [-0.05, 0) is 23.8 Å². The Bertz CT molecular complexity index is 918. The molecule has 1 aliphatic rings. The first kappa shape index (κ1) is 21.7. The maximum absolute atomic E-state index is 12.9. The molecule has 1 saturated heterocycles.